The van der Waals surface area contributed by atoms with Gasteiger partial charge in [0.05, 0.1) is 47.4 Å². The number of aromatic amines is 1. The molecule has 3 aromatic heterocycles. The Bertz CT molecular complexity index is 1430. The number of carbonyl (C=O) groups is 2. The molecule has 5 rings (SSSR count). The lowest BCUT2D eigenvalue weighted by Crippen LogP contribution is -2.59. The number of hydrogen-bond acceptors (Lipinski definition) is 7. The lowest BCUT2D eigenvalue weighted by Gasteiger charge is -2.42. The van der Waals surface area contributed by atoms with Crippen LogP contribution in [0.1, 0.15) is 19.5 Å². The number of fused-ring (bicyclic) bond motifs is 3. The van der Waals surface area contributed by atoms with Crippen molar-refractivity contribution < 1.29 is 14.3 Å². The van der Waals surface area contributed by atoms with Crippen molar-refractivity contribution >= 4 is 67.4 Å². The number of ether oxygens (including phenoxy) is 1. The summed E-state index contributed by atoms with van der Waals surface area (Å²) in [6.45, 7) is 6.38. The number of morpholine rings is 1. The molecule has 0 bridgehead atoms. The van der Waals surface area contributed by atoms with E-state index in [1.807, 2.05) is 43.9 Å². The Morgan fingerprint density at radius 1 is 1.29 bits per heavy atom. The third-order valence-electron chi connectivity index (χ3n) is 5.93. The first-order valence-electron chi connectivity index (χ1n) is 11.2. The molecule has 0 spiro atoms. The van der Waals surface area contributed by atoms with Crippen LogP contribution in [0.2, 0.25) is 5.02 Å². The number of halogens is 1. The molecule has 1 atom stereocenters. The number of pyridine rings is 1. The summed E-state index contributed by atoms with van der Waals surface area (Å²) in [5.74, 6) is -0.486. The fraction of sp³-hybridized carbons (Fsp3) is 0.333. The molecule has 1 aromatic carbocycles. The largest absolute Gasteiger partial charge is 0.372 e. The summed E-state index contributed by atoms with van der Waals surface area (Å²) in [5.41, 5.74) is 2.51. The Labute approximate surface area is 211 Å². The molecule has 3 N–H and O–H groups in total. The molecule has 2 amide bonds. The quantitative estimate of drug-likeness (QED) is 0.369. The Morgan fingerprint density at radius 3 is 2.89 bits per heavy atom. The molecule has 1 aliphatic rings. The molecule has 1 aliphatic heterocycles. The lowest BCUT2D eigenvalue weighted by molar-refractivity contribution is -0.145. The Kier molecular flexibility index (Phi) is 6.22. The maximum absolute atomic E-state index is 13.5. The van der Waals surface area contributed by atoms with Gasteiger partial charge in [-0.05, 0) is 56.6 Å². The molecule has 1 fully saturated rings. The first-order valence-corrected chi connectivity index (χ1v) is 12.3. The summed E-state index contributed by atoms with van der Waals surface area (Å²) >= 11 is 7.62. The number of nitrogens with zero attached hydrogens (tertiary/aromatic N) is 3. The van der Waals surface area contributed by atoms with E-state index in [9.17, 15) is 9.59 Å². The van der Waals surface area contributed by atoms with E-state index >= 15 is 0 Å². The highest BCUT2D eigenvalue weighted by Gasteiger charge is 2.38. The molecular weight excluding hydrogens is 488 g/mol. The summed E-state index contributed by atoms with van der Waals surface area (Å²) in [4.78, 5) is 35.6. The predicted octanol–water partition coefficient (Wildman–Crippen LogP) is 4.19. The molecule has 9 nitrogen and oxygen atoms in total. The lowest BCUT2D eigenvalue weighted by atomic mass is 10.0. The third kappa shape index (κ3) is 5.01. The summed E-state index contributed by atoms with van der Waals surface area (Å²) in [7, 11) is 0. The molecule has 0 saturated carbocycles. The normalized spacial score (nSPS) is 18.1. The van der Waals surface area contributed by atoms with Gasteiger partial charge in [0.2, 0.25) is 11.8 Å². The number of amides is 2. The number of H-pyrrole nitrogens is 1. The van der Waals surface area contributed by atoms with E-state index < -0.39 is 11.6 Å². The average Bonchev–Trinajstić information content (AvgIpc) is 3.36. The zero-order valence-electron chi connectivity index (χ0n) is 19.5. The van der Waals surface area contributed by atoms with Crippen LogP contribution in [0.25, 0.3) is 21.8 Å². The number of carbonyl (C=O) groups excluding carboxylic acids is 2. The molecule has 4 aromatic rings. The maximum Gasteiger partial charge on any atom is 0.244 e. The number of rotatable bonds is 5. The van der Waals surface area contributed by atoms with E-state index in [2.05, 4.69) is 25.0 Å². The topological polar surface area (TPSA) is 112 Å². The minimum atomic E-state index is -0.656. The van der Waals surface area contributed by atoms with Gasteiger partial charge >= 0.3 is 0 Å². The molecule has 0 aliphatic carbocycles. The van der Waals surface area contributed by atoms with Crippen molar-refractivity contribution in [3.05, 3.63) is 47.4 Å². The first-order chi connectivity index (χ1) is 16.7. The molecule has 4 heterocycles. The second-order valence-corrected chi connectivity index (χ2v) is 10.5. The van der Waals surface area contributed by atoms with Crippen LogP contribution in [0.15, 0.2) is 36.7 Å². The van der Waals surface area contributed by atoms with Crippen LogP contribution in [0.5, 0.6) is 0 Å². The van der Waals surface area contributed by atoms with Crippen molar-refractivity contribution in [3.63, 3.8) is 0 Å². The minimum absolute atomic E-state index is 0.0465. The maximum atomic E-state index is 13.5. The van der Waals surface area contributed by atoms with E-state index in [4.69, 9.17) is 16.3 Å². The zero-order chi connectivity index (χ0) is 24.7. The standard InChI is InChI=1S/C24H25ClN6O3S/c1-13-6-21(35-30-13)29-20(32)10-31-12-24(2,3)34-11-19(31)23(33)28-17-8-14(25)7-16-15-4-5-26-9-18(15)27-22(16)17/h4-9,19,27H,10-12H2,1-3H3,(H,28,33)(H,29,32). The van der Waals surface area contributed by atoms with Crippen LogP contribution in [-0.4, -0.2) is 62.4 Å². The number of aryl methyl sites for hydroxylation is 1. The van der Waals surface area contributed by atoms with Crippen molar-refractivity contribution in [2.24, 2.45) is 0 Å². The molecule has 35 heavy (non-hydrogen) atoms. The minimum Gasteiger partial charge on any atom is -0.372 e. The Balaban J connectivity index is 1.39. The summed E-state index contributed by atoms with van der Waals surface area (Å²) < 4.78 is 10.1. The van der Waals surface area contributed by atoms with E-state index in [-0.39, 0.29) is 25.0 Å². The van der Waals surface area contributed by atoms with E-state index in [1.54, 1.807) is 18.5 Å². The number of benzene rings is 1. The van der Waals surface area contributed by atoms with Crippen LogP contribution in [0.4, 0.5) is 10.7 Å². The van der Waals surface area contributed by atoms with Gasteiger partial charge in [-0.3, -0.25) is 19.5 Å². The molecule has 182 valence electrons. The summed E-state index contributed by atoms with van der Waals surface area (Å²) in [6, 6.07) is 6.63. The third-order valence-corrected chi connectivity index (χ3v) is 6.94. The van der Waals surface area contributed by atoms with Gasteiger partial charge in [0.1, 0.15) is 11.0 Å². The summed E-state index contributed by atoms with van der Waals surface area (Å²) in [6.07, 6.45) is 3.45. The SMILES string of the molecule is Cc1cc(NC(=O)CN2CC(C)(C)OCC2C(=O)Nc2cc(Cl)cc3c2[nH]c2cnccc23)sn1. The molecule has 11 heteroatoms. The first kappa shape index (κ1) is 23.7. The highest BCUT2D eigenvalue weighted by molar-refractivity contribution is 7.10. The highest BCUT2D eigenvalue weighted by atomic mass is 35.5. The monoisotopic (exact) mass is 512 g/mol. The van der Waals surface area contributed by atoms with E-state index in [0.29, 0.717) is 22.3 Å². The second-order valence-electron chi connectivity index (χ2n) is 9.28. The molecular formula is C24H25ClN6O3S. The van der Waals surface area contributed by atoms with Gasteiger partial charge in [-0.25, -0.2) is 0 Å². The summed E-state index contributed by atoms with van der Waals surface area (Å²) in [5, 5.41) is 8.91. The van der Waals surface area contributed by atoms with Gasteiger partial charge < -0.3 is 20.4 Å². The number of aromatic nitrogens is 3. The van der Waals surface area contributed by atoms with Crippen LogP contribution < -0.4 is 10.6 Å². The van der Waals surface area contributed by atoms with Gasteiger partial charge in [0, 0.05) is 28.5 Å². The second kappa shape index (κ2) is 9.19. The molecule has 0 radical (unpaired) electrons. The smallest absolute Gasteiger partial charge is 0.244 e. The Morgan fingerprint density at radius 2 is 2.11 bits per heavy atom. The Hall–Kier alpha value is -3.05. The fourth-order valence-electron chi connectivity index (χ4n) is 4.38. The van der Waals surface area contributed by atoms with Crippen LogP contribution >= 0.6 is 23.1 Å². The van der Waals surface area contributed by atoms with E-state index in [1.165, 1.54) is 11.5 Å². The van der Waals surface area contributed by atoms with Crippen molar-refractivity contribution in [1.82, 2.24) is 19.2 Å². The van der Waals surface area contributed by atoms with E-state index in [0.717, 1.165) is 27.5 Å². The number of anilines is 2. The molecule has 1 saturated heterocycles. The van der Waals surface area contributed by atoms with Crippen LogP contribution in [0.3, 0.4) is 0 Å². The van der Waals surface area contributed by atoms with Crippen molar-refractivity contribution in [1.29, 1.82) is 0 Å². The molecule has 1 unspecified atom stereocenters. The van der Waals surface area contributed by atoms with Gasteiger partial charge in [0.25, 0.3) is 0 Å². The number of nitrogens with one attached hydrogen (secondary N) is 3. The van der Waals surface area contributed by atoms with Gasteiger partial charge in [-0.15, -0.1) is 0 Å². The zero-order valence-corrected chi connectivity index (χ0v) is 21.1. The van der Waals surface area contributed by atoms with Crippen LogP contribution in [0, 0.1) is 6.92 Å². The number of hydrogen-bond donors (Lipinski definition) is 3. The van der Waals surface area contributed by atoms with Crippen LogP contribution in [-0.2, 0) is 14.3 Å². The van der Waals surface area contributed by atoms with Gasteiger partial charge in [-0.1, -0.05) is 11.6 Å². The highest BCUT2D eigenvalue weighted by Crippen LogP contribution is 2.33. The predicted molar refractivity (Wildman–Crippen MR) is 138 cm³/mol. The average molecular weight is 513 g/mol. The fourth-order valence-corrected chi connectivity index (χ4v) is 5.27. The van der Waals surface area contributed by atoms with Gasteiger partial charge in [0.15, 0.2) is 0 Å². The van der Waals surface area contributed by atoms with Crippen molar-refractivity contribution in [2.75, 3.05) is 30.3 Å². The van der Waals surface area contributed by atoms with Crippen molar-refractivity contribution in [3.8, 4) is 0 Å². The van der Waals surface area contributed by atoms with Crippen molar-refractivity contribution in [2.45, 2.75) is 32.4 Å². The van der Waals surface area contributed by atoms with Gasteiger partial charge in [-0.2, -0.15) is 4.37 Å².